The molecule has 0 spiro atoms. The lowest BCUT2D eigenvalue weighted by Crippen LogP contribution is -2.34. The molecule has 0 radical (unpaired) electrons. The molecule has 1 atom stereocenters. The summed E-state index contributed by atoms with van der Waals surface area (Å²) in [5, 5.41) is 11.2. The average molecular weight is 184 g/mol. The highest BCUT2D eigenvalue weighted by atomic mass is 16.6. The molecule has 4 heteroatoms. The van der Waals surface area contributed by atoms with Crippen LogP contribution in [0.4, 0.5) is 4.79 Å². The molecule has 0 bridgehead atoms. The van der Waals surface area contributed by atoms with Gasteiger partial charge in [0.05, 0.1) is 0 Å². The van der Waals surface area contributed by atoms with Crippen molar-refractivity contribution < 1.29 is 9.53 Å². The maximum atomic E-state index is 11.0. The molecule has 0 aromatic rings. The fourth-order valence-corrected chi connectivity index (χ4v) is 0.697. The van der Waals surface area contributed by atoms with Crippen LogP contribution < -0.4 is 5.32 Å². The SMILES string of the molecule is CC(C)NC(=O)OC(C#N)C(C)C. The van der Waals surface area contributed by atoms with Crippen molar-refractivity contribution in [3.63, 3.8) is 0 Å². The van der Waals surface area contributed by atoms with Gasteiger partial charge in [0.25, 0.3) is 0 Å². The molecule has 0 saturated carbocycles. The van der Waals surface area contributed by atoms with Crippen LogP contribution in [0.25, 0.3) is 0 Å². The number of rotatable bonds is 3. The highest BCUT2D eigenvalue weighted by molar-refractivity contribution is 5.67. The van der Waals surface area contributed by atoms with Crippen LogP contribution in [0, 0.1) is 17.2 Å². The number of alkyl carbamates (subject to hydrolysis) is 1. The first-order valence-electron chi connectivity index (χ1n) is 4.34. The Morgan fingerprint density at radius 1 is 1.38 bits per heavy atom. The average Bonchev–Trinajstić information content (AvgIpc) is 1.98. The van der Waals surface area contributed by atoms with E-state index in [0.29, 0.717) is 0 Å². The van der Waals surface area contributed by atoms with Crippen molar-refractivity contribution in [2.45, 2.75) is 39.8 Å². The Hall–Kier alpha value is -1.24. The van der Waals surface area contributed by atoms with Crippen molar-refractivity contribution in [1.29, 1.82) is 5.26 Å². The fourth-order valence-electron chi connectivity index (χ4n) is 0.697. The van der Waals surface area contributed by atoms with Gasteiger partial charge in [-0.05, 0) is 13.8 Å². The maximum Gasteiger partial charge on any atom is 0.408 e. The second-order valence-corrected chi connectivity index (χ2v) is 3.50. The van der Waals surface area contributed by atoms with E-state index in [1.54, 1.807) is 0 Å². The van der Waals surface area contributed by atoms with E-state index in [-0.39, 0.29) is 12.0 Å². The predicted octanol–water partition coefficient (Wildman–Crippen LogP) is 1.67. The number of nitriles is 1. The van der Waals surface area contributed by atoms with Crippen LogP contribution in [-0.2, 0) is 4.74 Å². The first-order chi connectivity index (χ1) is 5.97. The molecule has 0 rings (SSSR count). The summed E-state index contributed by atoms with van der Waals surface area (Å²) >= 11 is 0. The monoisotopic (exact) mass is 184 g/mol. The molecule has 13 heavy (non-hydrogen) atoms. The van der Waals surface area contributed by atoms with Gasteiger partial charge in [-0.15, -0.1) is 0 Å². The molecule has 1 amide bonds. The van der Waals surface area contributed by atoms with Crippen molar-refractivity contribution in [1.82, 2.24) is 5.32 Å². The topological polar surface area (TPSA) is 62.1 Å². The number of carbonyl (C=O) groups excluding carboxylic acids is 1. The summed E-state index contributed by atoms with van der Waals surface area (Å²) in [5.74, 6) is 0.0166. The molecule has 1 N–H and O–H groups in total. The molecular formula is C9H16N2O2. The van der Waals surface area contributed by atoms with Crippen LogP contribution in [0.2, 0.25) is 0 Å². The van der Waals surface area contributed by atoms with E-state index in [2.05, 4.69) is 5.32 Å². The normalized spacial score (nSPS) is 12.4. The number of nitrogens with zero attached hydrogens (tertiary/aromatic N) is 1. The minimum atomic E-state index is -0.668. The molecule has 74 valence electrons. The van der Waals surface area contributed by atoms with Gasteiger partial charge in [0, 0.05) is 12.0 Å². The number of nitrogens with one attached hydrogen (secondary N) is 1. The van der Waals surface area contributed by atoms with Gasteiger partial charge in [-0.25, -0.2) is 4.79 Å². The molecule has 4 nitrogen and oxygen atoms in total. The standard InChI is InChI=1S/C9H16N2O2/c1-6(2)8(5-10)13-9(12)11-7(3)4/h6-8H,1-4H3,(H,11,12). The smallest absolute Gasteiger partial charge is 0.408 e. The lowest BCUT2D eigenvalue weighted by atomic mass is 10.1. The van der Waals surface area contributed by atoms with Gasteiger partial charge in [0.2, 0.25) is 0 Å². The van der Waals surface area contributed by atoms with E-state index in [0.717, 1.165) is 0 Å². The van der Waals surface area contributed by atoms with E-state index >= 15 is 0 Å². The zero-order valence-electron chi connectivity index (χ0n) is 8.50. The van der Waals surface area contributed by atoms with Gasteiger partial charge in [0.15, 0.2) is 6.10 Å². The minimum Gasteiger partial charge on any atom is -0.431 e. The molecule has 0 aromatic carbocycles. The second kappa shape index (κ2) is 5.41. The summed E-state index contributed by atoms with van der Waals surface area (Å²) in [7, 11) is 0. The molecule has 0 fully saturated rings. The van der Waals surface area contributed by atoms with Crippen LogP contribution in [0.15, 0.2) is 0 Å². The summed E-state index contributed by atoms with van der Waals surface area (Å²) in [5.41, 5.74) is 0. The molecule has 0 saturated heterocycles. The van der Waals surface area contributed by atoms with Crippen LogP contribution in [-0.4, -0.2) is 18.2 Å². The van der Waals surface area contributed by atoms with Gasteiger partial charge >= 0.3 is 6.09 Å². The third kappa shape index (κ3) is 5.07. The number of amides is 1. The Morgan fingerprint density at radius 2 is 1.92 bits per heavy atom. The quantitative estimate of drug-likeness (QED) is 0.725. The van der Waals surface area contributed by atoms with Crippen molar-refractivity contribution in [3.8, 4) is 6.07 Å². The van der Waals surface area contributed by atoms with Gasteiger partial charge in [-0.3, -0.25) is 0 Å². The highest BCUT2D eigenvalue weighted by Gasteiger charge is 2.17. The second-order valence-electron chi connectivity index (χ2n) is 3.50. The number of ether oxygens (including phenoxy) is 1. The number of hydrogen-bond donors (Lipinski definition) is 1. The zero-order valence-corrected chi connectivity index (χ0v) is 8.50. The summed E-state index contributed by atoms with van der Waals surface area (Å²) in [6.07, 6.45) is -1.20. The third-order valence-corrected chi connectivity index (χ3v) is 1.37. The summed E-state index contributed by atoms with van der Waals surface area (Å²) in [6, 6.07) is 1.95. The van der Waals surface area contributed by atoms with Crippen LogP contribution in [0.3, 0.4) is 0 Å². The van der Waals surface area contributed by atoms with Crippen molar-refractivity contribution in [3.05, 3.63) is 0 Å². The molecule has 0 aliphatic carbocycles. The van der Waals surface area contributed by atoms with Gasteiger partial charge in [-0.2, -0.15) is 5.26 Å². The molecule has 0 heterocycles. The van der Waals surface area contributed by atoms with E-state index in [1.165, 1.54) is 0 Å². The maximum absolute atomic E-state index is 11.0. The Balaban J connectivity index is 3.97. The molecule has 0 aliphatic rings. The fraction of sp³-hybridized carbons (Fsp3) is 0.778. The minimum absolute atomic E-state index is 0.0166. The number of hydrogen-bond acceptors (Lipinski definition) is 3. The van der Waals surface area contributed by atoms with Gasteiger partial charge < -0.3 is 10.1 Å². The van der Waals surface area contributed by atoms with E-state index in [1.807, 2.05) is 33.8 Å². The molecule has 1 unspecified atom stereocenters. The lowest BCUT2D eigenvalue weighted by molar-refractivity contribution is 0.0992. The molecule has 0 aromatic heterocycles. The summed E-state index contributed by atoms with van der Waals surface area (Å²) in [6.45, 7) is 7.32. The van der Waals surface area contributed by atoms with E-state index < -0.39 is 12.2 Å². The third-order valence-electron chi connectivity index (χ3n) is 1.37. The molecular weight excluding hydrogens is 168 g/mol. The van der Waals surface area contributed by atoms with Crippen LogP contribution in [0.5, 0.6) is 0 Å². The Kier molecular flexibility index (Phi) is 4.90. The van der Waals surface area contributed by atoms with Crippen molar-refractivity contribution in [2.75, 3.05) is 0 Å². The van der Waals surface area contributed by atoms with Crippen LogP contribution >= 0.6 is 0 Å². The van der Waals surface area contributed by atoms with Crippen molar-refractivity contribution >= 4 is 6.09 Å². The van der Waals surface area contributed by atoms with E-state index in [9.17, 15) is 4.79 Å². The Labute approximate surface area is 78.9 Å². The summed E-state index contributed by atoms with van der Waals surface area (Å²) in [4.78, 5) is 11.0. The lowest BCUT2D eigenvalue weighted by Gasteiger charge is -2.15. The highest BCUT2D eigenvalue weighted by Crippen LogP contribution is 2.05. The van der Waals surface area contributed by atoms with E-state index in [4.69, 9.17) is 10.00 Å². The van der Waals surface area contributed by atoms with Gasteiger partial charge in [0.1, 0.15) is 6.07 Å². The van der Waals surface area contributed by atoms with Crippen LogP contribution in [0.1, 0.15) is 27.7 Å². The van der Waals surface area contributed by atoms with Crippen molar-refractivity contribution in [2.24, 2.45) is 5.92 Å². The predicted molar refractivity (Wildman–Crippen MR) is 49.0 cm³/mol. The summed E-state index contributed by atoms with van der Waals surface area (Å²) < 4.78 is 4.86. The first-order valence-corrected chi connectivity index (χ1v) is 4.34. The Bertz CT molecular complexity index is 206. The zero-order chi connectivity index (χ0) is 10.4. The number of carbonyl (C=O) groups is 1. The van der Waals surface area contributed by atoms with Gasteiger partial charge in [-0.1, -0.05) is 13.8 Å². The first kappa shape index (κ1) is 11.8. The molecule has 0 aliphatic heterocycles. The largest absolute Gasteiger partial charge is 0.431 e. The Morgan fingerprint density at radius 3 is 2.23 bits per heavy atom.